The van der Waals surface area contributed by atoms with Crippen LogP contribution < -0.4 is 0 Å². The number of rotatable bonds is 4. The van der Waals surface area contributed by atoms with E-state index < -0.39 is 0 Å². The zero-order valence-corrected chi connectivity index (χ0v) is 7.00. The maximum Gasteiger partial charge on any atom is 0.0483 e. The highest BCUT2D eigenvalue weighted by Crippen LogP contribution is 2.33. The molecule has 1 N–H and O–H groups in total. The maximum absolute atomic E-state index is 8.77. The molecule has 2 rings (SSSR count). The van der Waals surface area contributed by atoms with Crippen molar-refractivity contribution in [2.24, 2.45) is 11.8 Å². The van der Waals surface area contributed by atoms with Crippen LogP contribution in [0, 0.1) is 11.8 Å². The van der Waals surface area contributed by atoms with Crippen molar-refractivity contribution in [2.45, 2.75) is 19.3 Å². The Hall–Kier alpha value is -0.0800. The van der Waals surface area contributed by atoms with Crippen LogP contribution in [0.5, 0.6) is 0 Å². The first-order chi connectivity index (χ1) is 5.38. The van der Waals surface area contributed by atoms with Crippen molar-refractivity contribution < 1.29 is 5.11 Å². The van der Waals surface area contributed by atoms with Gasteiger partial charge in [0, 0.05) is 25.6 Å². The van der Waals surface area contributed by atoms with Gasteiger partial charge in [0.15, 0.2) is 0 Å². The first-order valence-electron chi connectivity index (χ1n) is 4.71. The van der Waals surface area contributed by atoms with Crippen LogP contribution in [0.2, 0.25) is 0 Å². The van der Waals surface area contributed by atoms with Gasteiger partial charge in [0.2, 0.25) is 0 Å². The quantitative estimate of drug-likeness (QED) is 0.646. The third-order valence-corrected chi connectivity index (χ3v) is 2.84. The van der Waals surface area contributed by atoms with Gasteiger partial charge in [0.1, 0.15) is 0 Å². The Bertz CT molecular complexity index is 128. The molecule has 2 heteroatoms. The third-order valence-electron chi connectivity index (χ3n) is 2.84. The predicted molar refractivity (Wildman–Crippen MR) is 44.4 cm³/mol. The molecule has 0 aromatic rings. The summed E-state index contributed by atoms with van der Waals surface area (Å²) in [6.45, 7) is 3.95. The van der Waals surface area contributed by atoms with Crippen LogP contribution in [0.3, 0.4) is 0 Å². The van der Waals surface area contributed by atoms with E-state index in [1.165, 1.54) is 25.8 Å². The summed E-state index contributed by atoms with van der Waals surface area (Å²) in [5, 5.41) is 8.77. The molecular formula is C9H17NO. The molecule has 0 radical (unpaired) electrons. The van der Waals surface area contributed by atoms with Gasteiger partial charge in [-0.2, -0.15) is 0 Å². The second-order valence-corrected chi connectivity index (χ2v) is 4.04. The normalized spacial score (nSPS) is 27.0. The fraction of sp³-hybridized carbons (Fsp3) is 1.00. The van der Waals surface area contributed by atoms with Gasteiger partial charge in [0.25, 0.3) is 0 Å². The van der Waals surface area contributed by atoms with Crippen LogP contribution >= 0.6 is 0 Å². The van der Waals surface area contributed by atoms with E-state index in [0.717, 1.165) is 19.0 Å². The van der Waals surface area contributed by atoms with Crippen LogP contribution in [-0.4, -0.2) is 36.2 Å². The standard InChI is InChI=1S/C9H17NO/c11-7-9-5-10(6-9)4-3-8-1-2-8/h8-9,11H,1-7H2. The third kappa shape index (κ3) is 1.94. The van der Waals surface area contributed by atoms with Gasteiger partial charge in [-0.25, -0.2) is 0 Å². The molecule has 1 saturated carbocycles. The van der Waals surface area contributed by atoms with Crippen LogP contribution in [0.15, 0.2) is 0 Å². The lowest BCUT2D eigenvalue weighted by atomic mass is 10.0. The van der Waals surface area contributed by atoms with Crippen LogP contribution in [0.4, 0.5) is 0 Å². The van der Waals surface area contributed by atoms with E-state index in [0.29, 0.717) is 12.5 Å². The molecule has 0 aromatic carbocycles. The zero-order chi connectivity index (χ0) is 7.68. The summed E-state index contributed by atoms with van der Waals surface area (Å²) in [4.78, 5) is 2.46. The molecule has 2 fully saturated rings. The molecule has 0 spiro atoms. The molecule has 1 aliphatic carbocycles. The Balaban J connectivity index is 1.52. The maximum atomic E-state index is 8.77. The fourth-order valence-corrected chi connectivity index (χ4v) is 1.75. The van der Waals surface area contributed by atoms with E-state index in [1.54, 1.807) is 0 Å². The molecule has 2 aliphatic rings. The zero-order valence-electron chi connectivity index (χ0n) is 7.00. The van der Waals surface area contributed by atoms with Gasteiger partial charge in [-0.3, -0.25) is 0 Å². The minimum Gasteiger partial charge on any atom is -0.396 e. The summed E-state index contributed by atoms with van der Waals surface area (Å²) in [5.74, 6) is 1.65. The van der Waals surface area contributed by atoms with Crippen molar-refractivity contribution >= 4 is 0 Å². The van der Waals surface area contributed by atoms with E-state index in [-0.39, 0.29) is 0 Å². The summed E-state index contributed by atoms with van der Waals surface area (Å²) in [5.41, 5.74) is 0. The van der Waals surface area contributed by atoms with Crippen LogP contribution in [0.25, 0.3) is 0 Å². The topological polar surface area (TPSA) is 23.5 Å². The first-order valence-corrected chi connectivity index (χ1v) is 4.71. The number of aliphatic hydroxyl groups excluding tert-OH is 1. The summed E-state index contributed by atoms with van der Waals surface area (Å²) in [7, 11) is 0. The molecule has 0 bridgehead atoms. The van der Waals surface area contributed by atoms with Crippen molar-refractivity contribution in [3.63, 3.8) is 0 Å². The van der Waals surface area contributed by atoms with Crippen LogP contribution in [-0.2, 0) is 0 Å². The molecule has 2 nitrogen and oxygen atoms in total. The monoisotopic (exact) mass is 155 g/mol. The second kappa shape index (κ2) is 3.11. The van der Waals surface area contributed by atoms with E-state index in [9.17, 15) is 0 Å². The van der Waals surface area contributed by atoms with Gasteiger partial charge in [0.05, 0.1) is 0 Å². The summed E-state index contributed by atoms with van der Waals surface area (Å²) in [6.07, 6.45) is 4.34. The molecule has 0 unspecified atom stereocenters. The summed E-state index contributed by atoms with van der Waals surface area (Å²) in [6, 6.07) is 0. The Morgan fingerprint density at radius 3 is 2.45 bits per heavy atom. The van der Waals surface area contributed by atoms with Gasteiger partial charge in [-0.05, 0) is 18.9 Å². The van der Waals surface area contributed by atoms with Crippen molar-refractivity contribution in [3.05, 3.63) is 0 Å². The number of aliphatic hydroxyl groups is 1. The van der Waals surface area contributed by atoms with Crippen molar-refractivity contribution in [3.8, 4) is 0 Å². The van der Waals surface area contributed by atoms with E-state index in [4.69, 9.17) is 5.11 Å². The fourth-order valence-electron chi connectivity index (χ4n) is 1.75. The number of hydrogen-bond acceptors (Lipinski definition) is 2. The number of likely N-dealkylation sites (tertiary alicyclic amines) is 1. The molecule has 1 saturated heterocycles. The lowest BCUT2D eigenvalue weighted by Crippen LogP contribution is -2.48. The minimum atomic E-state index is 0.389. The Labute approximate surface area is 68.2 Å². The van der Waals surface area contributed by atoms with E-state index in [1.807, 2.05) is 0 Å². The van der Waals surface area contributed by atoms with Crippen molar-refractivity contribution in [2.75, 3.05) is 26.2 Å². The molecule has 64 valence electrons. The largest absolute Gasteiger partial charge is 0.396 e. The summed E-state index contributed by atoms with van der Waals surface area (Å²) >= 11 is 0. The first kappa shape index (κ1) is 7.56. The van der Waals surface area contributed by atoms with Gasteiger partial charge in [-0.15, -0.1) is 0 Å². The Morgan fingerprint density at radius 2 is 1.91 bits per heavy atom. The lowest BCUT2D eigenvalue weighted by Gasteiger charge is -2.38. The predicted octanol–water partition coefficient (Wildman–Crippen LogP) is 0.711. The smallest absolute Gasteiger partial charge is 0.0483 e. The summed E-state index contributed by atoms with van der Waals surface area (Å²) < 4.78 is 0. The number of hydrogen-bond donors (Lipinski definition) is 1. The molecular weight excluding hydrogens is 138 g/mol. The SMILES string of the molecule is OCC1CN(CCC2CC2)C1. The van der Waals surface area contributed by atoms with Crippen LogP contribution in [0.1, 0.15) is 19.3 Å². The minimum absolute atomic E-state index is 0.389. The van der Waals surface area contributed by atoms with Gasteiger partial charge >= 0.3 is 0 Å². The molecule has 11 heavy (non-hydrogen) atoms. The molecule has 0 amide bonds. The van der Waals surface area contributed by atoms with E-state index >= 15 is 0 Å². The molecule has 0 atom stereocenters. The van der Waals surface area contributed by atoms with Gasteiger partial charge in [-0.1, -0.05) is 12.8 Å². The average molecular weight is 155 g/mol. The lowest BCUT2D eigenvalue weighted by molar-refractivity contribution is 0.0521. The molecule has 1 aliphatic heterocycles. The Kier molecular flexibility index (Phi) is 2.14. The molecule has 0 aromatic heterocycles. The van der Waals surface area contributed by atoms with Crippen molar-refractivity contribution in [1.29, 1.82) is 0 Å². The van der Waals surface area contributed by atoms with E-state index in [2.05, 4.69) is 4.90 Å². The Morgan fingerprint density at radius 1 is 1.18 bits per heavy atom. The molecule has 1 heterocycles. The highest BCUT2D eigenvalue weighted by molar-refractivity contribution is 4.81. The highest BCUT2D eigenvalue weighted by atomic mass is 16.3. The number of nitrogens with zero attached hydrogens (tertiary/aromatic N) is 1. The average Bonchev–Trinajstić information content (AvgIpc) is 2.68. The van der Waals surface area contributed by atoms with Crippen molar-refractivity contribution in [1.82, 2.24) is 4.90 Å². The van der Waals surface area contributed by atoms with Gasteiger partial charge < -0.3 is 10.0 Å². The highest BCUT2D eigenvalue weighted by Gasteiger charge is 2.28. The second-order valence-electron chi connectivity index (χ2n) is 4.04.